The van der Waals surface area contributed by atoms with Crippen molar-refractivity contribution in [1.29, 1.82) is 0 Å². The summed E-state index contributed by atoms with van der Waals surface area (Å²) in [6.07, 6.45) is 0.596. The summed E-state index contributed by atoms with van der Waals surface area (Å²) < 4.78 is 0. The Morgan fingerprint density at radius 2 is 1.72 bits per heavy atom. The molecule has 1 fully saturated rings. The largest absolute Gasteiger partial charge is 0.367 e. The second-order valence-corrected chi connectivity index (χ2v) is 7.64. The first-order chi connectivity index (χ1) is 12.1. The van der Waals surface area contributed by atoms with Gasteiger partial charge in [-0.15, -0.1) is 0 Å². The molecule has 0 bridgehead atoms. The van der Waals surface area contributed by atoms with E-state index in [1.807, 2.05) is 23.6 Å². The molecule has 3 nitrogen and oxygen atoms in total. The minimum Gasteiger partial charge on any atom is -0.367 e. The van der Waals surface area contributed by atoms with Gasteiger partial charge in [0.05, 0.1) is 5.69 Å². The summed E-state index contributed by atoms with van der Waals surface area (Å²) in [6, 6.07) is 15.2. The highest BCUT2D eigenvalue weighted by Gasteiger charge is 2.21. The first-order valence-electron chi connectivity index (χ1n) is 8.95. The Morgan fingerprint density at radius 3 is 2.40 bits per heavy atom. The molecule has 1 saturated heterocycles. The Balaban J connectivity index is 1.77. The van der Waals surface area contributed by atoms with Gasteiger partial charge in [-0.05, 0) is 37.6 Å². The summed E-state index contributed by atoms with van der Waals surface area (Å²) in [5, 5.41) is 0. The fourth-order valence-electron chi connectivity index (χ4n) is 3.26. The molecule has 132 valence electrons. The molecule has 0 aliphatic carbocycles. The summed E-state index contributed by atoms with van der Waals surface area (Å²) in [5.41, 5.74) is 3.89. The third-order valence-corrected chi connectivity index (χ3v) is 5.93. The molecule has 2 aromatic carbocycles. The third-order valence-electron chi connectivity index (χ3n) is 4.69. The fraction of sp³-hybridized carbons (Fsp3) is 0.381. The molecule has 0 atom stereocenters. The van der Waals surface area contributed by atoms with Crippen molar-refractivity contribution in [3.05, 3.63) is 53.6 Å². The second-order valence-electron chi connectivity index (χ2n) is 6.56. The van der Waals surface area contributed by atoms with Crippen molar-refractivity contribution >= 4 is 23.4 Å². The number of anilines is 1. The third kappa shape index (κ3) is 4.18. The lowest BCUT2D eigenvalue weighted by Crippen LogP contribution is -2.48. The highest BCUT2D eigenvalue weighted by Crippen LogP contribution is 2.37. The number of piperazine rings is 1. The number of carbonyl (C=O) groups is 1. The van der Waals surface area contributed by atoms with E-state index in [0.717, 1.165) is 26.2 Å². The van der Waals surface area contributed by atoms with Crippen LogP contribution in [0.4, 0.5) is 5.69 Å². The van der Waals surface area contributed by atoms with E-state index >= 15 is 0 Å². The van der Waals surface area contributed by atoms with Gasteiger partial charge in [-0.25, -0.2) is 0 Å². The van der Waals surface area contributed by atoms with Crippen LogP contribution in [0.2, 0.25) is 0 Å². The van der Waals surface area contributed by atoms with Crippen molar-refractivity contribution in [2.45, 2.75) is 37.0 Å². The van der Waals surface area contributed by atoms with E-state index in [9.17, 15) is 4.79 Å². The molecule has 0 spiro atoms. The molecule has 1 heterocycles. The van der Waals surface area contributed by atoms with Gasteiger partial charge in [0.25, 0.3) is 0 Å². The number of amides is 1. The van der Waals surface area contributed by atoms with Gasteiger partial charge in [0.2, 0.25) is 5.91 Å². The minimum absolute atomic E-state index is 0.262. The molecular weight excluding hydrogens is 328 g/mol. The van der Waals surface area contributed by atoms with Gasteiger partial charge in [0.15, 0.2) is 0 Å². The van der Waals surface area contributed by atoms with Crippen LogP contribution in [0, 0.1) is 13.8 Å². The van der Waals surface area contributed by atoms with Crippen molar-refractivity contribution in [2.24, 2.45) is 0 Å². The van der Waals surface area contributed by atoms with E-state index in [1.54, 1.807) is 0 Å². The molecule has 0 N–H and O–H groups in total. The number of nitrogens with zero attached hydrogens (tertiary/aromatic N) is 2. The lowest BCUT2D eigenvalue weighted by atomic mass is 10.2. The number of hydrogen-bond donors (Lipinski definition) is 0. The zero-order chi connectivity index (χ0) is 17.8. The molecule has 1 aliphatic rings. The quantitative estimate of drug-likeness (QED) is 0.807. The maximum absolute atomic E-state index is 11.9. The van der Waals surface area contributed by atoms with E-state index in [2.05, 4.69) is 61.2 Å². The van der Waals surface area contributed by atoms with Gasteiger partial charge in [0.1, 0.15) is 0 Å². The van der Waals surface area contributed by atoms with Crippen LogP contribution in [0.5, 0.6) is 0 Å². The average Bonchev–Trinajstić information content (AvgIpc) is 2.64. The summed E-state index contributed by atoms with van der Waals surface area (Å²) in [7, 11) is 0. The van der Waals surface area contributed by atoms with Crippen LogP contribution >= 0.6 is 11.8 Å². The van der Waals surface area contributed by atoms with Crippen LogP contribution in [0.15, 0.2) is 52.3 Å². The zero-order valence-electron chi connectivity index (χ0n) is 15.3. The van der Waals surface area contributed by atoms with Gasteiger partial charge in [0, 0.05) is 42.4 Å². The van der Waals surface area contributed by atoms with Crippen molar-refractivity contribution in [3.63, 3.8) is 0 Å². The first-order valence-corrected chi connectivity index (χ1v) is 9.77. The Hall–Kier alpha value is -1.94. The van der Waals surface area contributed by atoms with Crippen LogP contribution in [0.1, 0.15) is 24.5 Å². The van der Waals surface area contributed by atoms with E-state index in [0.29, 0.717) is 6.42 Å². The molecule has 0 aromatic heterocycles. The Morgan fingerprint density at radius 1 is 1.00 bits per heavy atom. The van der Waals surface area contributed by atoms with Gasteiger partial charge < -0.3 is 9.80 Å². The molecule has 1 amide bonds. The smallest absolute Gasteiger partial charge is 0.222 e. The highest BCUT2D eigenvalue weighted by atomic mass is 32.2. The maximum atomic E-state index is 11.9. The van der Waals surface area contributed by atoms with Crippen molar-refractivity contribution in [2.75, 3.05) is 31.1 Å². The van der Waals surface area contributed by atoms with Crippen LogP contribution in [-0.4, -0.2) is 37.0 Å². The second kappa shape index (κ2) is 7.96. The standard InChI is InChI=1S/C21H26N2OS/c1-4-21(24)23-13-11-22(12-14-23)18-7-5-6-8-20(18)25-19-10-9-16(2)15-17(19)3/h5-10,15H,4,11-14H2,1-3H3. The number of para-hydroxylation sites is 1. The lowest BCUT2D eigenvalue weighted by Gasteiger charge is -2.36. The van der Waals surface area contributed by atoms with E-state index in [1.165, 1.54) is 26.6 Å². The summed E-state index contributed by atoms with van der Waals surface area (Å²) >= 11 is 1.83. The number of benzene rings is 2. The Labute approximate surface area is 155 Å². The maximum Gasteiger partial charge on any atom is 0.222 e. The average molecular weight is 355 g/mol. The van der Waals surface area contributed by atoms with Crippen molar-refractivity contribution in [1.82, 2.24) is 4.90 Å². The topological polar surface area (TPSA) is 23.6 Å². The number of hydrogen-bond acceptors (Lipinski definition) is 3. The number of carbonyl (C=O) groups excluding carboxylic acids is 1. The van der Waals surface area contributed by atoms with E-state index in [4.69, 9.17) is 0 Å². The van der Waals surface area contributed by atoms with Crippen molar-refractivity contribution in [3.8, 4) is 0 Å². The summed E-state index contributed by atoms with van der Waals surface area (Å²) in [4.78, 5) is 18.9. The number of aryl methyl sites for hydroxylation is 2. The van der Waals surface area contributed by atoms with Crippen molar-refractivity contribution < 1.29 is 4.79 Å². The molecule has 25 heavy (non-hydrogen) atoms. The van der Waals surface area contributed by atoms with E-state index < -0.39 is 0 Å². The zero-order valence-corrected chi connectivity index (χ0v) is 16.1. The van der Waals surface area contributed by atoms with Gasteiger partial charge in [-0.3, -0.25) is 4.79 Å². The Kier molecular flexibility index (Phi) is 5.69. The molecule has 1 aliphatic heterocycles. The van der Waals surface area contributed by atoms with Gasteiger partial charge in [-0.1, -0.05) is 48.5 Å². The predicted octanol–water partition coefficient (Wildman–Crippen LogP) is 4.51. The minimum atomic E-state index is 0.262. The summed E-state index contributed by atoms with van der Waals surface area (Å²) in [6.45, 7) is 9.67. The molecule has 4 heteroatoms. The van der Waals surface area contributed by atoms with Crippen LogP contribution in [0.25, 0.3) is 0 Å². The molecule has 0 radical (unpaired) electrons. The highest BCUT2D eigenvalue weighted by molar-refractivity contribution is 7.99. The predicted molar refractivity (Wildman–Crippen MR) is 106 cm³/mol. The lowest BCUT2D eigenvalue weighted by molar-refractivity contribution is -0.131. The fourth-order valence-corrected chi connectivity index (χ4v) is 4.30. The molecule has 2 aromatic rings. The monoisotopic (exact) mass is 354 g/mol. The van der Waals surface area contributed by atoms with Crippen LogP contribution < -0.4 is 4.90 Å². The first kappa shape index (κ1) is 17.9. The SMILES string of the molecule is CCC(=O)N1CCN(c2ccccc2Sc2ccc(C)cc2C)CC1. The van der Waals surface area contributed by atoms with E-state index in [-0.39, 0.29) is 5.91 Å². The molecule has 3 rings (SSSR count). The molecule has 0 saturated carbocycles. The molecular formula is C21H26N2OS. The number of rotatable bonds is 4. The van der Waals surface area contributed by atoms with Crippen LogP contribution in [-0.2, 0) is 4.79 Å². The Bertz CT molecular complexity index is 751. The summed E-state index contributed by atoms with van der Waals surface area (Å²) in [5.74, 6) is 0.262. The van der Waals surface area contributed by atoms with Crippen LogP contribution in [0.3, 0.4) is 0 Å². The van der Waals surface area contributed by atoms with Gasteiger partial charge in [-0.2, -0.15) is 0 Å². The normalized spacial score (nSPS) is 14.7. The van der Waals surface area contributed by atoms with Gasteiger partial charge >= 0.3 is 0 Å². The molecule has 0 unspecified atom stereocenters.